The standard InChI is InChI=1S/C47H33N/c1-5-18-34(19-6-1)39-27-15-16-30-43(39)48(38-25-11-4-12-26-38)44-31-17-29-41-46(44)45-40-28-14-13-20-35(40)32-33-42(45)47(41,36-21-7-2-8-22-36)37-23-9-3-10-24-37/h1-33H. The fraction of sp³-hybridized carbons (Fsp3) is 0.0213. The third-order valence-electron chi connectivity index (χ3n) is 9.93. The van der Waals surface area contributed by atoms with E-state index in [1.165, 1.54) is 55.3 Å². The van der Waals surface area contributed by atoms with E-state index in [-0.39, 0.29) is 0 Å². The fourth-order valence-electron chi connectivity index (χ4n) is 7.98. The van der Waals surface area contributed by atoms with Gasteiger partial charge in [-0.05, 0) is 68.4 Å². The Bertz CT molecular complexity index is 2340. The van der Waals surface area contributed by atoms with Crippen LogP contribution in [0.5, 0.6) is 0 Å². The zero-order valence-corrected chi connectivity index (χ0v) is 26.5. The Morgan fingerprint density at radius 3 is 1.60 bits per heavy atom. The third-order valence-corrected chi connectivity index (χ3v) is 9.93. The van der Waals surface area contributed by atoms with E-state index in [9.17, 15) is 0 Å². The molecule has 8 aromatic rings. The predicted octanol–water partition coefficient (Wildman–Crippen LogP) is 12.3. The quantitative estimate of drug-likeness (QED) is 0.181. The minimum absolute atomic E-state index is 0.505. The zero-order chi connectivity index (χ0) is 31.9. The Morgan fingerprint density at radius 2 is 0.896 bits per heavy atom. The van der Waals surface area contributed by atoms with Crippen LogP contribution in [-0.4, -0.2) is 0 Å². The third kappa shape index (κ3) is 4.25. The Labute approximate surface area is 282 Å². The average Bonchev–Trinajstić information content (AvgIpc) is 3.49. The van der Waals surface area contributed by atoms with E-state index in [1.807, 2.05) is 0 Å². The molecule has 8 aromatic carbocycles. The molecule has 0 spiro atoms. The van der Waals surface area contributed by atoms with Crippen LogP contribution in [-0.2, 0) is 5.41 Å². The lowest BCUT2D eigenvalue weighted by atomic mass is 9.67. The molecular weight excluding hydrogens is 579 g/mol. The SMILES string of the molecule is c1ccc(-c2ccccc2N(c2ccccc2)c2cccc3c2-c2c(ccc4ccccc24)C3(c2ccccc2)c2ccccc2)cc1. The summed E-state index contributed by atoms with van der Waals surface area (Å²) in [6.07, 6.45) is 0. The number of fused-ring (bicyclic) bond motifs is 5. The normalized spacial score (nSPS) is 12.8. The molecule has 0 aromatic heterocycles. The highest BCUT2D eigenvalue weighted by Crippen LogP contribution is 2.61. The Hall–Kier alpha value is -6.18. The number of rotatable bonds is 6. The molecule has 1 heteroatoms. The summed E-state index contributed by atoms with van der Waals surface area (Å²) in [6, 6.07) is 73.0. The van der Waals surface area contributed by atoms with Gasteiger partial charge in [-0.2, -0.15) is 0 Å². The number of para-hydroxylation sites is 2. The summed E-state index contributed by atoms with van der Waals surface area (Å²) < 4.78 is 0. The molecule has 226 valence electrons. The van der Waals surface area contributed by atoms with Crippen molar-refractivity contribution in [2.24, 2.45) is 0 Å². The summed E-state index contributed by atoms with van der Waals surface area (Å²) >= 11 is 0. The van der Waals surface area contributed by atoms with Gasteiger partial charge >= 0.3 is 0 Å². The van der Waals surface area contributed by atoms with Crippen molar-refractivity contribution in [3.05, 3.63) is 222 Å². The molecule has 1 aliphatic carbocycles. The molecule has 0 fully saturated rings. The van der Waals surface area contributed by atoms with Gasteiger partial charge < -0.3 is 4.90 Å². The van der Waals surface area contributed by atoms with Crippen LogP contribution < -0.4 is 4.90 Å². The fourth-order valence-corrected chi connectivity index (χ4v) is 7.98. The lowest BCUT2D eigenvalue weighted by Gasteiger charge is -2.34. The van der Waals surface area contributed by atoms with Crippen LogP contribution in [0.2, 0.25) is 0 Å². The summed E-state index contributed by atoms with van der Waals surface area (Å²) in [5, 5.41) is 2.51. The summed E-state index contributed by atoms with van der Waals surface area (Å²) in [7, 11) is 0. The van der Waals surface area contributed by atoms with Gasteiger partial charge in [0.1, 0.15) is 0 Å². The van der Waals surface area contributed by atoms with Gasteiger partial charge in [-0.25, -0.2) is 0 Å². The van der Waals surface area contributed by atoms with Gasteiger partial charge in [-0.15, -0.1) is 0 Å². The largest absolute Gasteiger partial charge is 0.309 e. The molecule has 0 N–H and O–H groups in total. The molecule has 0 saturated heterocycles. The first-order chi connectivity index (χ1) is 23.9. The molecule has 0 radical (unpaired) electrons. The zero-order valence-electron chi connectivity index (χ0n) is 26.5. The number of anilines is 3. The highest BCUT2D eigenvalue weighted by molar-refractivity contribution is 6.09. The lowest BCUT2D eigenvalue weighted by molar-refractivity contribution is 0.769. The average molecular weight is 612 g/mol. The smallest absolute Gasteiger partial charge is 0.0714 e. The number of hydrogen-bond donors (Lipinski definition) is 0. The summed E-state index contributed by atoms with van der Waals surface area (Å²) in [4.78, 5) is 2.47. The highest BCUT2D eigenvalue weighted by atomic mass is 15.1. The van der Waals surface area contributed by atoms with E-state index in [2.05, 4.69) is 205 Å². The first-order valence-electron chi connectivity index (χ1n) is 16.6. The summed E-state index contributed by atoms with van der Waals surface area (Å²) in [5.41, 5.74) is 13.0. The van der Waals surface area contributed by atoms with Crippen molar-refractivity contribution in [2.45, 2.75) is 5.41 Å². The van der Waals surface area contributed by atoms with Gasteiger partial charge in [0, 0.05) is 16.8 Å². The first-order valence-corrected chi connectivity index (χ1v) is 16.6. The summed E-state index contributed by atoms with van der Waals surface area (Å²) in [5.74, 6) is 0. The number of hydrogen-bond acceptors (Lipinski definition) is 1. The monoisotopic (exact) mass is 611 g/mol. The van der Waals surface area contributed by atoms with Crippen molar-refractivity contribution < 1.29 is 0 Å². The second-order valence-electron chi connectivity index (χ2n) is 12.4. The Balaban J connectivity index is 1.44. The second-order valence-corrected chi connectivity index (χ2v) is 12.4. The molecule has 9 rings (SSSR count). The van der Waals surface area contributed by atoms with Crippen LogP contribution in [0.15, 0.2) is 200 Å². The van der Waals surface area contributed by atoms with Crippen LogP contribution in [0.25, 0.3) is 33.0 Å². The molecule has 0 amide bonds. The molecule has 0 aliphatic heterocycles. The Kier molecular flexibility index (Phi) is 6.76. The van der Waals surface area contributed by atoms with Crippen molar-refractivity contribution in [1.29, 1.82) is 0 Å². The lowest BCUT2D eigenvalue weighted by Crippen LogP contribution is -2.28. The van der Waals surface area contributed by atoms with Crippen molar-refractivity contribution in [3.63, 3.8) is 0 Å². The van der Waals surface area contributed by atoms with E-state index in [0.717, 1.165) is 17.1 Å². The molecular formula is C47H33N. The van der Waals surface area contributed by atoms with Crippen LogP contribution in [0, 0.1) is 0 Å². The molecule has 0 unspecified atom stereocenters. The molecule has 0 saturated carbocycles. The number of benzene rings is 8. The first kappa shape index (κ1) is 28.1. The molecule has 1 nitrogen and oxygen atoms in total. The van der Waals surface area contributed by atoms with E-state index in [1.54, 1.807) is 0 Å². The topological polar surface area (TPSA) is 3.24 Å². The van der Waals surface area contributed by atoms with Gasteiger partial charge in [0.15, 0.2) is 0 Å². The van der Waals surface area contributed by atoms with E-state index >= 15 is 0 Å². The molecule has 0 heterocycles. The van der Waals surface area contributed by atoms with Gasteiger partial charge in [-0.3, -0.25) is 0 Å². The maximum absolute atomic E-state index is 2.47. The molecule has 0 bridgehead atoms. The summed E-state index contributed by atoms with van der Waals surface area (Å²) in [6.45, 7) is 0. The van der Waals surface area contributed by atoms with Crippen molar-refractivity contribution in [3.8, 4) is 22.3 Å². The highest BCUT2D eigenvalue weighted by Gasteiger charge is 2.48. The molecule has 0 atom stereocenters. The van der Waals surface area contributed by atoms with Crippen LogP contribution in [0.4, 0.5) is 17.1 Å². The second kappa shape index (κ2) is 11.6. The van der Waals surface area contributed by atoms with E-state index in [0.29, 0.717) is 0 Å². The Morgan fingerprint density at radius 1 is 0.354 bits per heavy atom. The maximum Gasteiger partial charge on any atom is 0.0714 e. The van der Waals surface area contributed by atoms with E-state index in [4.69, 9.17) is 0 Å². The number of nitrogens with zero attached hydrogens (tertiary/aromatic N) is 1. The van der Waals surface area contributed by atoms with Crippen molar-refractivity contribution in [1.82, 2.24) is 0 Å². The molecule has 1 aliphatic rings. The predicted molar refractivity (Wildman–Crippen MR) is 201 cm³/mol. The van der Waals surface area contributed by atoms with Crippen LogP contribution in [0.3, 0.4) is 0 Å². The minimum atomic E-state index is -0.505. The van der Waals surface area contributed by atoms with Gasteiger partial charge in [0.05, 0.1) is 16.8 Å². The van der Waals surface area contributed by atoms with E-state index < -0.39 is 5.41 Å². The van der Waals surface area contributed by atoms with Crippen molar-refractivity contribution >= 4 is 27.8 Å². The van der Waals surface area contributed by atoms with Gasteiger partial charge in [0.25, 0.3) is 0 Å². The van der Waals surface area contributed by atoms with Crippen LogP contribution >= 0.6 is 0 Å². The van der Waals surface area contributed by atoms with Gasteiger partial charge in [-0.1, -0.05) is 176 Å². The van der Waals surface area contributed by atoms with Crippen LogP contribution in [0.1, 0.15) is 22.3 Å². The molecule has 48 heavy (non-hydrogen) atoms. The van der Waals surface area contributed by atoms with Crippen molar-refractivity contribution in [2.75, 3.05) is 4.90 Å². The minimum Gasteiger partial charge on any atom is -0.309 e. The maximum atomic E-state index is 2.47. The van der Waals surface area contributed by atoms with Gasteiger partial charge in [0.2, 0.25) is 0 Å².